The molecule has 2 saturated heterocycles. The highest BCUT2D eigenvalue weighted by atomic mass is 19.3. The average Bonchev–Trinajstić information content (AvgIpc) is 3.11. The van der Waals surface area contributed by atoms with E-state index < -0.39 is 5.92 Å². The standard InChI is InChI=1S/C26H41F2N5O2.CH4/c1-6-20-16-35-9-8-31(20)14-21-12-29-18(3)13-32(21)15-23(34)33-17-25(4,5)24-22(33)10-19(11-30-24)26(27,28)7-2;/h10-11,18,20-21,29H,6-9,12-17H2,1-5H3;1H4/t18-,20-,21-;/m1./s1. The van der Waals surface area contributed by atoms with E-state index in [1.807, 2.05) is 13.8 Å². The summed E-state index contributed by atoms with van der Waals surface area (Å²) < 4.78 is 34.6. The summed E-state index contributed by atoms with van der Waals surface area (Å²) in [7, 11) is 0. The van der Waals surface area contributed by atoms with Crippen molar-refractivity contribution in [3.05, 3.63) is 23.5 Å². The Bertz CT molecular complexity index is 912. The molecule has 0 unspecified atom stereocenters. The maximum absolute atomic E-state index is 14.5. The number of halogens is 2. The van der Waals surface area contributed by atoms with Crippen molar-refractivity contribution in [1.29, 1.82) is 0 Å². The van der Waals surface area contributed by atoms with Crippen molar-refractivity contribution in [1.82, 2.24) is 20.1 Å². The number of hydrogen-bond acceptors (Lipinski definition) is 6. The minimum absolute atomic E-state index is 0. The fourth-order valence-electron chi connectivity index (χ4n) is 5.60. The molecule has 0 spiro atoms. The van der Waals surface area contributed by atoms with Crippen molar-refractivity contribution in [2.45, 2.75) is 84.4 Å². The molecular formula is C27H45F2N5O2. The second-order valence-electron chi connectivity index (χ2n) is 11.0. The van der Waals surface area contributed by atoms with Crippen LogP contribution in [-0.4, -0.2) is 91.3 Å². The summed E-state index contributed by atoms with van der Waals surface area (Å²) in [6.45, 7) is 15.4. The Balaban J connectivity index is 0.00000361. The van der Waals surface area contributed by atoms with E-state index >= 15 is 0 Å². The predicted molar refractivity (Wildman–Crippen MR) is 140 cm³/mol. The number of carbonyl (C=O) groups is 1. The van der Waals surface area contributed by atoms with Crippen LogP contribution in [0, 0.1) is 0 Å². The lowest BCUT2D eigenvalue weighted by Crippen LogP contribution is -2.62. The molecule has 0 aromatic carbocycles. The van der Waals surface area contributed by atoms with Crippen LogP contribution in [0.2, 0.25) is 0 Å². The fourth-order valence-corrected chi connectivity index (χ4v) is 5.60. The number of piperazine rings is 1. The molecule has 4 heterocycles. The van der Waals surface area contributed by atoms with Gasteiger partial charge in [-0.3, -0.25) is 19.6 Å². The smallest absolute Gasteiger partial charge is 0.274 e. The van der Waals surface area contributed by atoms with Crippen molar-refractivity contribution in [2.75, 3.05) is 57.4 Å². The van der Waals surface area contributed by atoms with Gasteiger partial charge in [0.1, 0.15) is 0 Å². The minimum atomic E-state index is -2.96. The Labute approximate surface area is 215 Å². The number of rotatable bonds is 7. The lowest BCUT2D eigenvalue weighted by molar-refractivity contribution is -0.121. The highest BCUT2D eigenvalue weighted by Crippen LogP contribution is 2.42. The Morgan fingerprint density at radius 3 is 2.72 bits per heavy atom. The number of fused-ring (bicyclic) bond motifs is 1. The van der Waals surface area contributed by atoms with Crippen molar-refractivity contribution < 1.29 is 18.3 Å². The third kappa shape index (κ3) is 5.90. The normalized spacial score (nSPS) is 27.0. The Hall–Kier alpha value is -1.68. The van der Waals surface area contributed by atoms with Gasteiger partial charge in [0.05, 0.1) is 31.1 Å². The number of pyridine rings is 1. The first kappa shape index (κ1) is 28.9. The molecule has 0 saturated carbocycles. The third-order valence-corrected chi connectivity index (χ3v) is 7.85. The van der Waals surface area contributed by atoms with E-state index in [4.69, 9.17) is 4.74 Å². The number of nitrogens with zero attached hydrogens (tertiary/aromatic N) is 4. The van der Waals surface area contributed by atoms with Gasteiger partial charge < -0.3 is 15.0 Å². The Morgan fingerprint density at radius 1 is 1.28 bits per heavy atom. The van der Waals surface area contributed by atoms with Crippen molar-refractivity contribution >= 4 is 11.6 Å². The molecule has 1 N–H and O–H groups in total. The maximum atomic E-state index is 14.5. The Kier molecular flexibility index (Phi) is 9.13. The lowest BCUT2D eigenvalue weighted by Gasteiger charge is -2.44. The summed E-state index contributed by atoms with van der Waals surface area (Å²) in [5.74, 6) is -3.01. The van der Waals surface area contributed by atoms with Crippen LogP contribution in [0.4, 0.5) is 14.5 Å². The molecule has 0 aliphatic carbocycles. The van der Waals surface area contributed by atoms with Gasteiger partial charge in [0.2, 0.25) is 5.91 Å². The summed E-state index contributed by atoms with van der Waals surface area (Å²) in [6, 6.07) is 2.36. The fraction of sp³-hybridized carbons (Fsp3) is 0.778. The number of hydrogen-bond donors (Lipinski definition) is 1. The van der Waals surface area contributed by atoms with E-state index in [2.05, 4.69) is 33.9 Å². The van der Waals surface area contributed by atoms with Crippen LogP contribution >= 0.6 is 0 Å². The second kappa shape index (κ2) is 11.4. The number of alkyl halides is 2. The van der Waals surface area contributed by atoms with Gasteiger partial charge in [-0.1, -0.05) is 35.1 Å². The van der Waals surface area contributed by atoms with E-state index in [1.54, 1.807) is 4.90 Å². The third-order valence-electron chi connectivity index (χ3n) is 7.85. The van der Waals surface area contributed by atoms with E-state index in [0.717, 1.165) is 45.8 Å². The molecular weight excluding hydrogens is 464 g/mol. The van der Waals surface area contributed by atoms with Crippen molar-refractivity contribution in [3.8, 4) is 0 Å². The van der Waals surface area contributed by atoms with E-state index in [-0.39, 0.29) is 49.4 Å². The van der Waals surface area contributed by atoms with Crippen LogP contribution < -0.4 is 10.2 Å². The molecule has 1 aromatic heterocycles. The number of ether oxygens (including phenoxy) is 1. The van der Waals surface area contributed by atoms with Crippen LogP contribution in [-0.2, 0) is 20.9 Å². The number of amides is 1. The number of aromatic nitrogens is 1. The van der Waals surface area contributed by atoms with Crippen LogP contribution in [0.3, 0.4) is 0 Å². The maximum Gasteiger partial charge on any atom is 0.274 e. The molecule has 1 amide bonds. The molecule has 1 aromatic rings. The van der Waals surface area contributed by atoms with E-state index in [1.165, 1.54) is 19.2 Å². The monoisotopic (exact) mass is 509 g/mol. The molecule has 7 nitrogen and oxygen atoms in total. The first-order chi connectivity index (χ1) is 16.6. The first-order valence-electron chi connectivity index (χ1n) is 13.0. The van der Waals surface area contributed by atoms with Gasteiger partial charge in [0.15, 0.2) is 0 Å². The molecule has 3 atom stereocenters. The summed E-state index contributed by atoms with van der Waals surface area (Å²) in [5.41, 5.74) is 0.736. The molecule has 36 heavy (non-hydrogen) atoms. The summed E-state index contributed by atoms with van der Waals surface area (Å²) >= 11 is 0. The van der Waals surface area contributed by atoms with Crippen LogP contribution in [0.1, 0.15) is 66.1 Å². The van der Waals surface area contributed by atoms with Crippen LogP contribution in [0.25, 0.3) is 0 Å². The molecule has 4 rings (SSSR count). The van der Waals surface area contributed by atoms with E-state index in [0.29, 0.717) is 24.0 Å². The molecule has 3 aliphatic heterocycles. The predicted octanol–water partition coefficient (Wildman–Crippen LogP) is 3.62. The largest absolute Gasteiger partial charge is 0.378 e. The van der Waals surface area contributed by atoms with Crippen molar-refractivity contribution in [3.63, 3.8) is 0 Å². The lowest BCUT2D eigenvalue weighted by atomic mass is 9.91. The van der Waals surface area contributed by atoms with Gasteiger partial charge in [-0.2, -0.15) is 0 Å². The van der Waals surface area contributed by atoms with Crippen LogP contribution in [0.15, 0.2) is 12.3 Å². The SMILES string of the molecule is C.CC[C@@H]1COCCN1C[C@H]1CN[C@H](C)CN1CC(=O)N1CC(C)(C)c2ncc(C(F)(F)CC)cc21. The van der Waals surface area contributed by atoms with Gasteiger partial charge in [-0.15, -0.1) is 0 Å². The highest BCUT2D eigenvalue weighted by Gasteiger charge is 2.42. The molecule has 3 aliphatic rings. The zero-order valence-electron chi connectivity index (χ0n) is 21.8. The number of morpholine rings is 1. The van der Waals surface area contributed by atoms with Gasteiger partial charge in [-0.25, -0.2) is 8.78 Å². The molecule has 0 bridgehead atoms. The van der Waals surface area contributed by atoms with E-state index in [9.17, 15) is 13.6 Å². The second-order valence-corrected chi connectivity index (χ2v) is 11.0. The zero-order chi connectivity index (χ0) is 25.4. The van der Waals surface area contributed by atoms with Gasteiger partial charge >= 0.3 is 0 Å². The van der Waals surface area contributed by atoms with Crippen LogP contribution in [0.5, 0.6) is 0 Å². The topological polar surface area (TPSA) is 60.9 Å². The number of nitrogens with one attached hydrogen (secondary N) is 1. The molecule has 0 radical (unpaired) electrons. The number of anilines is 1. The zero-order valence-corrected chi connectivity index (χ0v) is 21.8. The van der Waals surface area contributed by atoms with Gasteiger partial charge in [-0.05, 0) is 19.4 Å². The van der Waals surface area contributed by atoms with Gasteiger partial charge in [0, 0.05) is 74.4 Å². The summed E-state index contributed by atoms with van der Waals surface area (Å²) in [5, 5.41) is 3.57. The van der Waals surface area contributed by atoms with Gasteiger partial charge in [0.25, 0.3) is 5.92 Å². The summed E-state index contributed by atoms with van der Waals surface area (Å²) in [4.78, 5) is 24.5. The average molecular weight is 510 g/mol. The minimum Gasteiger partial charge on any atom is -0.378 e. The number of carbonyl (C=O) groups excluding carboxylic acids is 1. The molecule has 204 valence electrons. The Morgan fingerprint density at radius 2 is 2.03 bits per heavy atom. The summed E-state index contributed by atoms with van der Waals surface area (Å²) in [6.07, 6.45) is 2.01. The quantitative estimate of drug-likeness (QED) is 0.606. The molecule has 2 fully saturated rings. The highest BCUT2D eigenvalue weighted by molar-refractivity contribution is 5.97. The van der Waals surface area contributed by atoms with Crippen molar-refractivity contribution in [2.24, 2.45) is 0 Å². The first-order valence-corrected chi connectivity index (χ1v) is 13.0. The molecule has 9 heteroatoms.